The maximum Gasteiger partial charge on any atom is 0.408 e. The van der Waals surface area contributed by atoms with E-state index in [0.717, 1.165) is 5.56 Å². The number of imidazole rings is 1. The highest BCUT2D eigenvalue weighted by Gasteiger charge is 2.44. The Labute approximate surface area is 205 Å². The van der Waals surface area contributed by atoms with Crippen LogP contribution in [0.15, 0.2) is 37.1 Å². The lowest BCUT2D eigenvalue weighted by Crippen LogP contribution is -2.19. The highest BCUT2D eigenvalue weighted by atomic mass is 19.4. The van der Waals surface area contributed by atoms with Crippen LogP contribution in [0.4, 0.5) is 17.6 Å². The van der Waals surface area contributed by atoms with Crippen molar-refractivity contribution >= 4 is 16.6 Å². The molecule has 0 amide bonds. The van der Waals surface area contributed by atoms with Crippen molar-refractivity contribution in [1.82, 2.24) is 39.3 Å². The van der Waals surface area contributed by atoms with E-state index in [4.69, 9.17) is 9.47 Å². The molecule has 14 heteroatoms. The van der Waals surface area contributed by atoms with Gasteiger partial charge in [-0.1, -0.05) is 0 Å². The zero-order valence-electron chi connectivity index (χ0n) is 19.4. The molecular weight excluding hydrogens is 496 g/mol. The van der Waals surface area contributed by atoms with E-state index in [2.05, 4.69) is 30.1 Å². The van der Waals surface area contributed by atoms with Gasteiger partial charge in [0.1, 0.15) is 12.1 Å². The first-order chi connectivity index (χ1) is 17.8. The molecule has 1 saturated carbocycles. The molecule has 190 valence electrons. The summed E-state index contributed by atoms with van der Waals surface area (Å²) in [7, 11) is 2.91. The van der Waals surface area contributed by atoms with Crippen LogP contribution in [-0.2, 0) is 6.54 Å². The Hall–Kier alpha value is -4.36. The first kappa shape index (κ1) is 23.1. The van der Waals surface area contributed by atoms with Gasteiger partial charge in [0.25, 0.3) is 0 Å². The average molecular weight is 514 g/mol. The molecule has 0 saturated heterocycles. The van der Waals surface area contributed by atoms with Gasteiger partial charge in [-0.25, -0.2) is 18.9 Å². The van der Waals surface area contributed by atoms with E-state index in [0.29, 0.717) is 28.0 Å². The maximum atomic E-state index is 15.5. The van der Waals surface area contributed by atoms with Crippen LogP contribution in [0.3, 0.4) is 0 Å². The molecule has 1 fully saturated rings. The number of halogens is 4. The molecule has 0 aliphatic heterocycles. The second-order valence-electron chi connectivity index (χ2n) is 8.59. The molecule has 5 aromatic rings. The molecule has 5 heterocycles. The molecule has 37 heavy (non-hydrogen) atoms. The molecule has 10 nitrogen and oxygen atoms in total. The summed E-state index contributed by atoms with van der Waals surface area (Å²) in [6, 6.07) is 1.94. The molecule has 0 N–H and O–H groups in total. The molecule has 5 aromatic heterocycles. The fraction of sp³-hybridized carbons (Fsp3) is 0.304. The van der Waals surface area contributed by atoms with Crippen molar-refractivity contribution in [2.45, 2.75) is 31.0 Å². The largest absolute Gasteiger partial charge is 0.480 e. The van der Waals surface area contributed by atoms with Crippen LogP contribution in [-0.4, -0.2) is 59.7 Å². The molecule has 1 aliphatic rings. The smallest absolute Gasteiger partial charge is 0.408 e. The van der Waals surface area contributed by atoms with Gasteiger partial charge in [0.05, 0.1) is 37.4 Å². The van der Waals surface area contributed by atoms with Gasteiger partial charge in [0, 0.05) is 41.7 Å². The van der Waals surface area contributed by atoms with Gasteiger partial charge in [-0.05, 0) is 18.4 Å². The van der Waals surface area contributed by atoms with Crippen LogP contribution in [0.5, 0.6) is 11.9 Å². The topological polar surface area (TPSA) is 105 Å². The number of rotatable bonds is 6. The molecule has 0 aromatic carbocycles. The minimum atomic E-state index is -4.54. The Bertz CT molecular complexity index is 1650. The lowest BCUT2D eigenvalue weighted by molar-refractivity contribution is -0.141. The standard InChI is InChI=1S/C23H18F4N8O2/c1-36-21-15(9-30-22(32-21)37-2)16-6-14(20-28-3-4-34(20)33-16)12-5-13(12)18-17(24)19-11(7-29-18)8-31-35(19)10-23(25,26)27/h3-4,6-9,12-13H,5,10H2,1-2H3/t12-,13-/m0/s1. The van der Waals surface area contributed by atoms with Gasteiger partial charge in [-0.15, -0.1) is 0 Å². The maximum absolute atomic E-state index is 15.5. The first-order valence-electron chi connectivity index (χ1n) is 11.1. The number of aromatic nitrogens is 8. The van der Waals surface area contributed by atoms with E-state index in [1.165, 1.54) is 32.8 Å². The number of methoxy groups -OCH3 is 2. The summed E-state index contributed by atoms with van der Waals surface area (Å²) < 4.78 is 67.2. The van der Waals surface area contributed by atoms with Gasteiger partial charge < -0.3 is 9.47 Å². The Morgan fingerprint density at radius 2 is 1.89 bits per heavy atom. The quantitative estimate of drug-likeness (QED) is 0.314. The van der Waals surface area contributed by atoms with E-state index in [1.807, 2.05) is 6.07 Å². The third-order valence-electron chi connectivity index (χ3n) is 6.28. The van der Waals surface area contributed by atoms with Crippen molar-refractivity contribution in [2.75, 3.05) is 14.2 Å². The summed E-state index contributed by atoms with van der Waals surface area (Å²) in [5, 5.41) is 8.50. The zero-order valence-corrected chi connectivity index (χ0v) is 19.4. The third kappa shape index (κ3) is 3.97. The van der Waals surface area contributed by atoms with Crippen molar-refractivity contribution in [3.8, 4) is 23.1 Å². The zero-order chi connectivity index (χ0) is 25.9. The van der Waals surface area contributed by atoms with Crippen LogP contribution >= 0.6 is 0 Å². The SMILES string of the molecule is COc1ncc(-c2cc([C@H]3C[C@@H]3c3ncc4cnn(CC(F)(F)F)c4c3F)c3nccn3n2)c(OC)n1. The van der Waals surface area contributed by atoms with Crippen LogP contribution in [0.2, 0.25) is 0 Å². The van der Waals surface area contributed by atoms with Crippen molar-refractivity contribution in [3.05, 3.63) is 54.1 Å². The minimum absolute atomic E-state index is 0.0925. The summed E-state index contributed by atoms with van der Waals surface area (Å²) in [4.78, 5) is 17.0. The lowest BCUT2D eigenvalue weighted by atomic mass is 10.1. The highest BCUT2D eigenvalue weighted by Crippen LogP contribution is 2.56. The molecule has 0 unspecified atom stereocenters. The average Bonchev–Trinajstić information content (AvgIpc) is 3.31. The summed E-state index contributed by atoms with van der Waals surface area (Å²) in [6.07, 6.45) is 3.33. The predicted octanol–water partition coefficient (Wildman–Crippen LogP) is 3.92. The fourth-order valence-electron chi connectivity index (χ4n) is 4.57. The fourth-order valence-corrected chi connectivity index (χ4v) is 4.57. The Balaban J connectivity index is 1.40. The van der Waals surface area contributed by atoms with Gasteiger partial charge in [0.2, 0.25) is 5.88 Å². The van der Waals surface area contributed by atoms with Crippen LogP contribution < -0.4 is 9.47 Å². The Kier molecular flexibility index (Phi) is 5.21. The Morgan fingerprint density at radius 3 is 2.65 bits per heavy atom. The van der Waals surface area contributed by atoms with Gasteiger partial charge >= 0.3 is 12.2 Å². The number of ether oxygens (including phenoxy) is 2. The van der Waals surface area contributed by atoms with Crippen molar-refractivity contribution in [2.24, 2.45) is 0 Å². The highest BCUT2D eigenvalue weighted by molar-refractivity contribution is 5.79. The molecule has 2 atom stereocenters. The van der Waals surface area contributed by atoms with Crippen LogP contribution in [0.1, 0.15) is 29.5 Å². The second-order valence-corrected chi connectivity index (χ2v) is 8.59. The third-order valence-corrected chi connectivity index (χ3v) is 6.28. The predicted molar refractivity (Wildman–Crippen MR) is 121 cm³/mol. The van der Waals surface area contributed by atoms with Crippen LogP contribution in [0, 0.1) is 5.82 Å². The van der Waals surface area contributed by atoms with Crippen molar-refractivity contribution < 1.29 is 27.0 Å². The van der Waals surface area contributed by atoms with E-state index in [-0.39, 0.29) is 40.3 Å². The van der Waals surface area contributed by atoms with E-state index in [9.17, 15) is 13.2 Å². The Morgan fingerprint density at radius 1 is 1.05 bits per heavy atom. The minimum Gasteiger partial charge on any atom is -0.480 e. The summed E-state index contributed by atoms with van der Waals surface area (Å²) in [5.74, 6) is -1.09. The van der Waals surface area contributed by atoms with Gasteiger partial charge in [0.15, 0.2) is 11.5 Å². The van der Waals surface area contributed by atoms with Crippen molar-refractivity contribution in [1.29, 1.82) is 0 Å². The van der Waals surface area contributed by atoms with Crippen molar-refractivity contribution in [3.63, 3.8) is 0 Å². The molecule has 1 aliphatic carbocycles. The number of hydrogen-bond donors (Lipinski definition) is 0. The van der Waals surface area contributed by atoms with Gasteiger partial charge in [-0.3, -0.25) is 9.67 Å². The molecule has 0 bridgehead atoms. The molecule has 6 rings (SSSR count). The van der Waals surface area contributed by atoms with E-state index in [1.54, 1.807) is 16.9 Å². The summed E-state index contributed by atoms with van der Waals surface area (Å²) in [6.45, 7) is -1.39. The second kappa shape index (κ2) is 8.35. The number of nitrogens with zero attached hydrogens (tertiary/aromatic N) is 8. The number of pyridine rings is 1. The number of hydrogen-bond acceptors (Lipinski definition) is 8. The molecular formula is C23H18F4N8O2. The van der Waals surface area contributed by atoms with Crippen LogP contribution in [0.25, 0.3) is 27.8 Å². The molecule has 0 spiro atoms. The first-order valence-corrected chi connectivity index (χ1v) is 11.1. The summed E-state index contributed by atoms with van der Waals surface area (Å²) in [5.41, 5.74) is 2.25. The van der Waals surface area contributed by atoms with E-state index >= 15 is 4.39 Å². The number of alkyl halides is 3. The number of fused-ring (bicyclic) bond motifs is 2. The summed E-state index contributed by atoms with van der Waals surface area (Å²) >= 11 is 0. The normalized spacial score (nSPS) is 17.5. The monoisotopic (exact) mass is 514 g/mol. The van der Waals surface area contributed by atoms with E-state index < -0.39 is 18.5 Å². The van der Waals surface area contributed by atoms with Gasteiger partial charge in [-0.2, -0.15) is 28.4 Å². The lowest BCUT2D eigenvalue weighted by Gasteiger charge is -2.11. The molecule has 0 radical (unpaired) electrons.